The molecule has 2 aromatic rings. The van der Waals surface area contributed by atoms with Gasteiger partial charge in [0.15, 0.2) is 16.7 Å². The van der Waals surface area contributed by atoms with Crippen LogP contribution < -0.4 is 14.9 Å². The van der Waals surface area contributed by atoms with E-state index in [1.807, 2.05) is 24.1 Å². The van der Waals surface area contributed by atoms with Crippen molar-refractivity contribution in [3.05, 3.63) is 63.2 Å². The monoisotopic (exact) mass is 456 g/mol. The van der Waals surface area contributed by atoms with Gasteiger partial charge in [-0.1, -0.05) is 23.9 Å². The van der Waals surface area contributed by atoms with Gasteiger partial charge < -0.3 is 9.47 Å². The Labute approximate surface area is 189 Å². The normalized spacial score (nSPS) is 22.8. The number of methoxy groups -OCH3 is 2. The van der Waals surface area contributed by atoms with E-state index in [9.17, 15) is 14.9 Å². The number of benzene rings is 2. The van der Waals surface area contributed by atoms with Gasteiger partial charge in [-0.3, -0.25) is 19.9 Å². The van der Waals surface area contributed by atoms with E-state index in [0.717, 1.165) is 16.7 Å². The summed E-state index contributed by atoms with van der Waals surface area (Å²) in [6.45, 7) is 3.90. The van der Waals surface area contributed by atoms with Crippen LogP contribution in [0.4, 0.5) is 5.69 Å². The molecule has 10 heteroatoms. The predicted octanol–water partition coefficient (Wildman–Crippen LogP) is 3.47. The third-order valence-corrected chi connectivity index (χ3v) is 6.71. The second-order valence-corrected chi connectivity index (χ2v) is 9.04. The van der Waals surface area contributed by atoms with Crippen molar-refractivity contribution in [3.63, 3.8) is 0 Å². The van der Waals surface area contributed by atoms with Crippen molar-refractivity contribution in [1.82, 2.24) is 10.4 Å². The number of nitro groups is 1. The minimum absolute atomic E-state index is 0.0146. The number of carbonyl (C=O) groups excluding carboxylic acids is 1. The smallest absolute Gasteiger partial charge is 0.269 e. The summed E-state index contributed by atoms with van der Waals surface area (Å²) in [7, 11) is 3.18. The molecule has 9 nitrogen and oxygen atoms in total. The summed E-state index contributed by atoms with van der Waals surface area (Å²) in [6.07, 6.45) is 0.675. The van der Waals surface area contributed by atoms with Crippen LogP contribution in [-0.4, -0.2) is 46.5 Å². The lowest BCUT2D eigenvalue weighted by Crippen LogP contribution is -2.47. The van der Waals surface area contributed by atoms with Crippen LogP contribution in [0.25, 0.3) is 0 Å². The quantitative estimate of drug-likeness (QED) is 0.551. The molecule has 1 N–H and O–H groups in total. The maximum absolute atomic E-state index is 12.1. The average molecular weight is 457 g/mol. The lowest BCUT2D eigenvalue weighted by Gasteiger charge is -2.32. The van der Waals surface area contributed by atoms with E-state index < -0.39 is 4.92 Å². The average Bonchev–Trinajstić information content (AvgIpc) is 3.04. The summed E-state index contributed by atoms with van der Waals surface area (Å²) in [6, 6.07) is 9.99. The summed E-state index contributed by atoms with van der Waals surface area (Å²) in [4.78, 5) is 27.1. The number of nitrogens with zero attached hydrogens (tertiary/aromatic N) is 3. The molecule has 2 aromatic carbocycles. The number of rotatable bonds is 4. The first-order chi connectivity index (χ1) is 15.3. The number of ether oxygens (including phenoxy) is 2. The first-order valence-corrected chi connectivity index (χ1v) is 11.0. The topological polar surface area (TPSA) is 106 Å². The molecule has 168 valence electrons. The molecule has 1 amide bonds. The van der Waals surface area contributed by atoms with Crippen molar-refractivity contribution in [3.8, 4) is 11.5 Å². The van der Waals surface area contributed by atoms with E-state index in [1.165, 1.54) is 23.9 Å². The molecule has 2 heterocycles. The minimum atomic E-state index is -0.419. The Balaban J connectivity index is 1.82. The lowest BCUT2D eigenvalue weighted by atomic mass is 9.92. The number of fused-ring (bicyclic) bond motifs is 1. The molecular formula is C22H24N4O5S. The number of hydrogen-bond donors (Lipinski definition) is 1. The van der Waals surface area contributed by atoms with Crippen molar-refractivity contribution >= 4 is 28.5 Å². The van der Waals surface area contributed by atoms with E-state index in [1.54, 1.807) is 26.4 Å². The number of nitro benzene ring substituents is 1. The molecule has 0 aromatic heterocycles. The summed E-state index contributed by atoms with van der Waals surface area (Å²) in [5.41, 5.74) is 6.40. The van der Waals surface area contributed by atoms with Gasteiger partial charge in [0.05, 0.1) is 30.4 Å². The number of nitrogens with one attached hydrogen (secondary N) is 1. The zero-order chi connectivity index (χ0) is 23.0. The molecule has 4 rings (SSSR count). The van der Waals surface area contributed by atoms with Gasteiger partial charge in [0.2, 0.25) is 0 Å². The molecule has 2 aliphatic heterocycles. The van der Waals surface area contributed by atoms with Gasteiger partial charge >= 0.3 is 0 Å². The Morgan fingerprint density at radius 1 is 1.16 bits per heavy atom. The standard InChI is InChI=1S/C22H24N4O5S/c1-12-9-15-10-18(30-3)19(31-4)11-17(15)20(14-5-7-16(8-6-14)26(28)29)24-25(12)22-23-21(27)13(2)32-22/h5-8,10-13,20,24H,9H2,1-4H3/t12-,13+,20?/m0/s1. The molecule has 0 saturated carbocycles. The number of carbonyl (C=O) groups is 1. The number of non-ortho nitro benzene ring substituents is 1. The molecule has 0 radical (unpaired) electrons. The highest BCUT2D eigenvalue weighted by Gasteiger charge is 2.35. The SMILES string of the molecule is COc1cc2c(cc1OC)C(c1ccc([N+](=O)[O-])cc1)NN(C1=NC(=O)[C@@H](C)S1)[C@@H](C)C2. The largest absolute Gasteiger partial charge is 0.493 e. The molecule has 0 bridgehead atoms. The van der Waals surface area contributed by atoms with Crippen LogP contribution >= 0.6 is 11.8 Å². The van der Waals surface area contributed by atoms with E-state index in [0.29, 0.717) is 23.1 Å². The third-order valence-electron chi connectivity index (χ3n) is 5.66. The molecule has 0 saturated heterocycles. The molecule has 2 aliphatic rings. The van der Waals surface area contributed by atoms with Gasteiger partial charge in [0.1, 0.15) is 0 Å². The zero-order valence-corrected chi connectivity index (χ0v) is 19.0. The Kier molecular flexibility index (Phi) is 6.07. The van der Waals surface area contributed by atoms with Gasteiger partial charge in [-0.25, -0.2) is 5.43 Å². The number of amides is 1. The summed E-state index contributed by atoms with van der Waals surface area (Å²) in [5.74, 6) is 1.07. The Bertz CT molecular complexity index is 1090. The van der Waals surface area contributed by atoms with E-state index in [2.05, 4.69) is 17.3 Å². The van der Waals surface area contributed by atoms with Gasteiger partial charge in [-0.2, -0.15) is 4.99 Å². The third kappa shape index (κ3) is 4.03. The fourth-order valence-corrected chi connectivity index (χ4v) is 4.90. The number of hydrazine groups is 1. The highest BCUT2D eigenvalue weighted by molar-refractivity contribution is 8.15. The first kappa shape index (κ1) is 22.1. The zero-order valence-electron chi connectivity index (χ0n) is 18.2. The highest BCUT2D eigenvalue weighted by Crippen LogP contribution is 2.39. The van der Waals surface area contributed by atoms with Crippen LogP contribution in [0.2, 0.25) is 0 Å². The number of hydrogen-bond acceptors (Lipinski definition) is 8. The molecule has 0 spiro atoms. The number of amidine groups is 1. The van der Waals surface area contributed by atoms with Crippen LogP contribution in [0, 0.1) is 10.1 Å². The minimum Gasteiger partial charge on any atom is -0.493 e. The van der Waals surface area contributed by atoms with Crippen LogP contribution in [0.15, 0.2) is 41.4 Å². The van der Waals surface area contributed by atoms with Crippen LogP contribution in [0.1, 0.15) is 36.6 Å². The molecular weight excluding hydrogens is 432 g/mol. The van der Waals surface area contributed by atoms with E-state index in [-0.39, 0.29) is 28.9 Å². The Morgan fingerprint density at radius 3 is 2.38 bits per heavy atom. The summed E-state index contributed by atoms with van der Waals surface area (Å²) < 4.78 is 11.0. The van der Waals surface area contributed by atoms with Crippen molar-refractivity contribution in [2.45, 2.75) is 37.6 Å². The summed E-state index contributed by atoms with van der Waals surface area (Å²) in [5, 5.41) is 13.4. The van der Waals surface area contributed by atoms with Crippen LogP contribution in [-0.2, 0) is 11.2 Å². The highest BCUT2D eigenvalue weighted by atomic mass is 32.2. The molecule has 0 fully saturated rings. The fraction of sp³-hybridized carbons (Fsp3) is 0.364. The fourth-order valence-electron chi connectivity index (χ4n) is 3.94. The maximum Gasteiger partial charge on any atom is 0.269 e. The van der Waals surface area contributed by atoms with E-state index in [4.69, 9.17) is 9.47 Å². The molecule has 3 atom stereocenters. The van der Waals surface area contributed by atoms with Crippen LogP contribution in [0.3, 0.4) is 0 Å². The van der Waals surface area contributed by atoms with E-state index >= 15 is 0 Å². The van der Waals surface area contributed by atoms with Gasteiger partial charge in [0, 0.05) is 18.2 Å². The summed E-state index contributed by atoms with van der Waals surface area (Å²) >= 11 is 1.42. The second-order valence-electron chi connectivity index (χ2n) is 7.73. The van der Waals surface area contributed by atoms with Gasteiger partial charge in [-0.15, -0.1) is 0 Å². The van der Waals surface area contributed by atoms with Crippen LogP contribution in [0.5, 0.6) is 11.5 Å². The Hall–Kier alpha value is -3.11. The lowest BCUT2D eigenvalue weighted by molar-refractivity contribution is -0.384. The molecule has 32 heavy (non-hydrogen) atoms. The first-order valence-electron chi connectivity index (χ1n) is 10.2. The molecule has 1 unspecified atom stereocenters. The van der Waals surface area contributed by atoms with Crippen molar-refractivity contribution in [1.29, 1.82) is 0 Å². The predicted molar refractivity (Wildman–Crippen MR) is 122 cm³/mol. The van der Waals surface area contributed by atoms with Crippen molar-refractivity contribution in [2.75, 3.05) is 14.2 Å². The Morgan fingerprint density at radius 2 is 1.81 bits per heavy atom. The van der Waals surface area contributed by atoms with Crippen molar-refractivity contribution in [2.24, 2.45) is 4.99 Å². The second kappa shape index (κ2) is 8.79. The van der Waals surface area contributed by atoms with Crippen molar-refractivity contribution < 1.29 is 19.2 Å². The van der Waals surface area contributed by atoms with Gasteiger partial charge in [-0.05, 0) is 49.1 Å². The number of aliphatic imine (C=N–C) groups is 1. The maximum atomic E-state index is 12.1. The van der Waals surface area contributed by atoms with Gasteiger partial charge in [0.25, 0.3) is 11.6 Å². The molecule has 0 aliphatic carbocycles. The number of thioether (sulfide) groups is 1.